The Labute approximate surface area is 136 Å². The first-order chi connectivity index (χ1) is 10.4. The highest BCUT2D eigenvalue weighted by molar-refractivity contribution is 8.76. The number of aromatic carboxylic acids is 2. The van der Waals surface area contributed by atoms with Crippen LogP contribution in [0.3, 0.4) is 0 Å². The van der Waals surface area contributed by atoms with Gasteiger partial charge in [-0.2, -0.15) is 0 Å². The van der Waals surface area contributed by atoms with Gasteiger partial charge in [0.05, 0.1) is 11.1 Å². The van der Waals surface area contributed by atoms with E-state index in [1.165, 1.54) is 21.6 Å². The molecular formula is C16H14O4S2. The van der Waals surface area contributed by atoms with Crippen LogP contribution in [-0.2, 0) is 0 Å². The number of hydrogen-bond donors (Lipinski definition) is 2. The average Bonchev–Trinajstić information content (AvgIpc) is 2.46. The maximum Gasteiger partial charge on any atom is 0.335 e. The van der Waals surface area contributed by atoms with Crippen LogP contribution in [0, 0.1) is 13.8 Å². The lowest BCUT2D eigenvalue weighted by Gasteiger charge is -2.10. The zero-order valence-corrected chi connectivity index (χ0v) is 13.6. The van der Waals surface area contributed by atoms with E-state index in [2.05, 4.69) is 0 Å². The van der Waals surface area contributed by atoms with Crippen LogP contribution < -0.4 is 0 Å². The van der Waals surface area contributed by atoms with E-state index in [0.717, 1.165) is 9.79 Å². The van der Waals surface area contributed by atoms with Gasteiger partial charge in [-0.05, 0) is 49.2 Å². The Hall–Kier alpha value is -1.92. The van der Waals surface area contributed by atoms with Crippen LogP contribution >= 0.6 is 21.6 Å². The quantitative estimate of drug-likeness (QED) is 0.784. The SMILES string of the molecule is Cc1c(SSc2cccc(C(=O)O)c2C)cccc1C(=O)O. The lowest BCUT2D eigenvalue weighted by Crippen LogP contribution is -2.00. The molecule has 0 aliphatic carbocycles. The van der Waals surface area contributed by atoms with E-state index in [-0.39, 0.29) is 11.1 Å². The van der Waals surface area contributed by atoms with Gasteiger partial charge in [0, 0.05) is 9.79 Å². The third kappa shape index (κ3) is 3.45. The van der Waals surface area contributed by atoms with Crippen molar-refractivity contribution in [3.8, 4) is 0 Å². The van der Waals surface area contributed by atoms with E-state index in [0.29, 0.717) is 11.1 Å². The summed E-state index contributed by atoms with van der Waals surface area (Å²) < 4.78 is 0. The van der Waals surface area contributed by atoms with Gasteiger partial charge in [0.15, 0.2) is 0 Å². The average molecular weight is 334 g/mol. The van der Waals surface area contributed by atoms with Crippen molar-refractivity contribution in [2.45, 2.75) is 23.6 Å². The van der Waals surface area contributed by atoms with Gasteiger partial charge >= 0.3 is 11.9 Å². The highest BCUT2D eigenvalue weighted by atomic mass is 33.1. The number of carboxylic acid groups (broad SMARTS) is 2. The number of carbonyl (C=O) groups is 2. The monoisotopic (exact) mass is 334 g/mol. The van der Waals surface area contributed by atoms with Crippen LogP contribution in [0.4, 0.5) is 0 Å². The fourth-order valence-electron chi connectivity index (χ4n) is 1.96. The van der Waals surface area contributed by atoms with Crippen molar-refractivity contribution in [3.63, 3.8) is 0 Å². The largest absolute Gasteiger partial charge is 0.478 e. The second kappa shape index (κ2) is 6.89. The molecule has 0 bridgehead atoms. The van der Waals surface area contributed by atoms with Gasteiger partial charge in [-0.25, -0.2) is 9.59 Å². The molecule has 22 heavy (non-hydrogen) atoms. The van der Waals surface area contributed by atoms with Gasteiger partial charge in [-0.3, -0.25) is 0 Å². The Kier molecular flexibility index (Phi) is 5.15. The van der Waals surface area contributed by atoms with Crippen LogP contribution in [0.15, 0.2) is 46.2 Å². The maximum absolute atomic E-state index is 11.1. The number of carboxylic acids is 2. The Bertz CT molecular complexity index is 677. The van der Waals surface area contributed by atoms with Crippen LogP contribution in [-0.4, -0.2) is 22.2 Å². The highest BCUT2D eigenvalue weighted by Crippen LogP contribution is 2.41. The lowest BCUT2D eigenvalue weighted by molar-refractivity contribution is 0.0685. The van der Waals surface area contributed by atoms with Gasteiger partial charge in [0.1, 0.15) is 0 Å². The molecule has 0 aliphatic rings. The first-order valence-corrected chi connectivity index (χ1v) is 8.57. The van der Waals surface area contributed by atoms with E-state index < -0.39 is 11.9 Å². The van der Waals surface area contributed by atoms with Crippen molar-refractivity contribution in [2.24, 2.45) is 0 Å². The standard InChI is InChI=1S/C16H14O4S2/c1-9-11(15(17)18)5-3-7-13(9)21-22-14-8-4-6-12(10(14)2)16(19)20/h3-8H,1-2H3,(H,17,18)(H,19,20). The normalized spacial score (nSPS) is 10.5. The second-order valence-electron chi connectivity index (χ2n) is 4.63. The van der Waals surface area contributed by atoms with Crippen LogP contribution in [0.5, 0.6) is 0 Å². The summed E-state index contributed by atoms with van der Waals surface area (Å²) in [6, 6.07) is 10.3. The smallest absolute Gasteiger partial charge is 0.335 e. The van der Waals surface area contributed by atoms with Crippen molar-refractivity contribution in [3.05, 3.63) is 58.7 Å². The summed E-state index contributed by atoms with van der Waals surface area (Å²) in [4.78, 5) is 24.0. The summed E-state index contributed by atoms with van der Waals surface area (Å²) in [6.45, 7) is 3.54. The fraction of sp³-hybridized carbons (Fsp3) is 0.125. The first-order valence-electron chi connectivity index (χ1n) is 6.42. The molecular weight excluding hydrogens is 320 g/mol. The molecule has 0 aromatic heterocycles. The van der Waals surface area contributed by atoms with E-state index in [1.54, 1.807) is 38.1 Å². The molecule has 6 heteroatoms. The molecule has 0 atom stereocenters. The molecule has 0 fully saturated rings. The van der Waals surface area contributed by atoms with Gasteiger partial charge < -0.3 is 10.2 Å². The van der Waals surface area contributed by atoms with E-state index in [4.69, 9.17) is 10.2 Å². The summed E-state index contributed by atoms with van der Waals surface area (Å²) in [5, 5.41) is 18.3. The minimum atomic E-state index is -0.950. The summed E-state index contributed by atoms with van der Waals surface area (Å²) >= 11 is 0. The molecule has 2 rings (SSSR count). The Morgan fingerprint density at radius 3 is 1.45 bits per heavy atom. The Morgan fingerprint density at radius 2 is 1.14 bits per heavy atom. The molecule has 0 saturated heterocycles. The van der Waals surface area contributed by atoms with Gasteiger partial charge in [0.25, 0.3) is 0 Å². The molecule has 4 nitrogen and oxygen atoms in total. The van der Waals surface area contributed by atoms with Gasteiger partial charge in [0.2, 0.25) is 0 Å². The van der Waals surface area contributed by atoms with Crippen LogP contribution in [0.2, 0.25) is 0 Å². The van der Waals surface area contributed by atoms with Crippen molar-refractivity contribution in [1.29, 1.82) is 0 Å². The summed E-state index contributed by atoms with van der Waals surface area (Å²) in [7, 11) is 2.85. The molecule has 0 radical (unpaired) electrons. The lowest BCUT2D eigenvalue weighted by atomic mass is 10.1. The topological polar surface area (TPSA) is 74.6 Å². The molecule has 0 aliphatic heterocycles. The second-order valence-corrected chi connectivity index (χ2v) is 6.85. The minimum absolute atomic E-state index is 0.279. The van der Waals surface area contributed by atoms with Crippen molar-refractivity contribution < 1.29 is 19.8 Å². The molecule has 0 spiro atoms. The molecule has 0 amide bonds. The van der Waals surface area contributed by atoms with E-state index in [1.807, 2.05) is 12.1 Å². The predicted molar refractivity (Wildman–Crippen MR) is 88.0 cm³/mol. The summed E-state index contributed by atoms with van der Waals surface area (Å²) in [6.07, 6.45) is 0. The molecule has 0 unspecified atom stereocenters. The molecule has 2 aromatic carbocycles. The van der Waals surface area contributed by atoms with E-state index >= 15 is 0 Å². The van der Waals surface area contributed by atoms with E-state index in [9.17, 15) is 9.59 Å². The third-order valence-corrected chi connectivity index (χ3v) is 5.90. The molecule has 2 N–H and O–H groups in total. The summed E-state index contributed by atoms with van der Waals surface area (Å²) in [5.41, 5.74) is 1.97. The van der Waals surface area contributed by atoms with Gasteiger partial charge in [-0.1, -0.05) is 33.7 Å². The predicted octanol–water partition coefficient (Wildman–Crippen LogP) is 4.50. The fourth-order valence-corrected chi connectivity index (χ4v) is 4.50. The number of benzene rings is 2. The van der Waals surface area contributed by atoms with Crippen molar-refractivity contribution >= 4 is 33.5 Å². The Morgan fingerprint density at radius 1 is 0.773 bits per heavy atom. The molecule has 0 heterocycles. The zero-order valence-electron chi connectivity index (χ0n) is 12.0. The minimum Gasteiger partial charge on any atom is -0.478 e. The van der Waals surface area contributed by atoms with Crippen molar-refractivity contribution in [2.75, 3.05) is 0 Å². The van der Waals surface area contributed by atoms with Crippen LogP contribution in [0.25, 0.3) is 0 Å². The number of hydrogen-bond acceptors (Lipinski definition) is 4. The molecule has 114 valence electrons. The summed E-state index contributed by atoms with van der Waals surface area (Å²) in [5.74, 6) is -1.90. The van der Waals surface area contributed by atoms with Crippen molar-refractivity contribution in [1.82, 2.24) is 0 Å². The Balaban J connectivity index is 2.25. The number of rotatable bonds is 5. The van der Waals surface area contributed by atoms with Crippen LogP contribution in [0.1, 0.15) is 31.8 Å². The first kappa shape index (κ1) is 16.5. The third-order valence-electron chi connectivity index (χ3n) is 3.25. The maximum atomic E-state index is 11.1. The zero-order chi connectivity index (χ0) is 16.3. The van der Waals surface area contributed by atoms with Gasteiger partial charge in [-0.15, -0.1) is 0 Å². The molecule has 0 saturated carbocycles. The molecule has 2 aromatic rings. The highest BCUT2D eigenvalue weighted by Gasteiger charge is 2.13.